The van der Waals surface area contributed by atoms with E-state index in [-0.39, 0.29) is 0 Å². The number of piperidine rings is 1. The van der Waals surface area contributed by atoms with E-state index in [4.69, 9.17) is 0 Å². The van der Waals surface area contributed by atoms with Crippen molar-refractivity contribution in [3.05, 3.63) is 0 Å². The molecule has 2 saturated heterocycles. The van der Waals surface area contributed by atoms with E-state index in [1.165, 1.54) is 32.2 Å². The van der Waals surface area contributed by atoms with E-state index >= 15 is 0 Å². The van der Waals surface area contributed by atoms with Gasteiger partial charge in [-0.15, -0.1) is 0 Å². The molecule has 0 aromatic carbocycles. The van der Waals surface area contributed by atoms with Crippen LogP contribution in [0.5, 0.6) is 0 Å². The highest BCUT2D eigenvalue weighted by molar-refractivity contribution is 5.08. The van der Waals surface area contributed by atoms with Crippen LogP contribution < -0.4 is 10.6 Å². The molecule has 11 heavy (non-hydrogen) atoms. The minimum atomic E-state index is 0.821. The van der Waals surface area contributed by atoms with E-state index in [0.29, 0.717) is 0 Å². The maximum Gasteiger partial charge on any atom is 0.0264 e. The van der Waals surface area contributed by atoms with Crippen molar-refractivity contribution in [3.8, 4) is 0 Å². The van der Waals surface area contributed by atoms with Gasteiger partial charge in [0, 0.05) is 18.1 Å². The third kappa shape index (κ3) is 0.798. The van der Waals surface area contributed by atoms with Crippen molar-refractivity contribution in [1.82, 2.24) is 10.6 Å². The zero-order chi connectivity index (χ0) is 7.26. The van der Waals surface area contributed by atoms with E-state index in [1.807, 2.05) is 0 Å². The molecule has 0 aromatic rings. The summed E-state index contributed by atoms with van der Waals surface area (Å²) in [6.45, 7) is 1.26. The summed E-state index contributed by atoms with van der Waals surface area (Å²) >= 11 is 0. The SMILES string of the molecule is C1CNC2C(C1)NC1CCC12. The second-order valence-corrected chi connectivity index (χ2v) is 4.24. The highest BCUT2D eigenvalue weighted by atomic mass is 15.1. The molecule has 2 aliphatic heterocycles. The van der Waals surface area contributed by atoms with Crippen LogP contribution in [0.3, 0.4) is 0 Å². The second-order valence-electron chi connectivity index (χ2n) is 4.24. The molecule has 4 atom stereocenters. The highest BCUT2D eigenvalue weighted by Crippen LogP contribution is 2.39. The van der Waals surface area contributed by atoms with E-state index in [9.17, 15) is 0 Å². The lowest BCUT2D eigenvalue weighted by Crippen LogP contribution is -2.48. The van der Waals surface area contributed by atoms with Crippen LogP contribution in [0.25, 0.3) is 0 Å². The molecule has 2 heteroatoms. The molecule has 0 amide bonds. The highest BCUT2D eigenvalue weighted by Gasteiger charge is 2.47. The van der Waals surface area contributed by atoms with Gasteiger partial charge in [0.15, 0.2) is 0 Å². The Morgan fingerprint density at radius 3 is 2.82 bits per heavy atom. The largest absolute Gasteiger partial charge is 0.312 e. The van der Waals surface area contributed by atoms with Gasteiger partial charge in [-0.2, -0.15) is 0 Å². The van der Waals surface area contributed by atoms with Gasteiger partial charge in [-0.05, 0) is 38.1 Å². The second kappa shape index (κ2) is 2.20. The maximum absolute atomic E-state index is 3.73. The molecule has 0 radical (unpaired) electrons. The molecule has 4 unspecified atom stereocenters. The van der Waals surface area contributed by atoms with Gasteiger partial charge in [0.25, 0.3) is 0 Å². The van der Waals surface area contributed by atoms with Crippen LogP contribution >= 0.6 is 0 Å². The Balaban J connectivity index is 1.79. The Morgan fingerprint density at radius 1 is 1.00 bits per heavy atom. The third-order valence-electron chi connectivity index (χ3n) is 3.72. The zero-order valence-corrected chi connectivity index (χ0v) is 6.84. The molecular formula is C9H16N2. The van der Waals surface area contributed by atoms with Gasteiger partial charge >= 0.3 is 0 Å². The molecule has 62 valence electrons. The molecule has 2 N–H and O–H groups in total. The summed E-state index contributed by atoms with van der Waals surface area (Å²) in [6, 6.07) is 2.54. The minimum Gasteiger partial charge on any atom is -0.312 e. The Labute approximate surface area is 67.7 Å². The van der Waals surface area contributed by atoms with Gasteiger partial charge < -0.3 is 10.6 Å². The lowest BCUT2D eigenvalue weighted by Gasteiger charge is -2.35. The first kappa shape index (κ1) is 6.44. The first-order valence-corrected chi connectivity index (χ1v) is 4.94. The fourth-order valence-electron chi connectivity index (χ4n) is 2.99. The lowest BCUT2D eigenvalue weighted by atomic mass is 9.76. The quantitative estimate of drug-likeness (QED) is 0.528. The minimum absolute atomic E-state index is 0.821. The third-order valence-corrected chi connectivity index (χ3v) is 3.72. The topological polar surface area (TPSA) is 24.1 Å². The summed E-state index contributed by atoms with van der Waals surface area (Å²) in [5.74, 6) is 0.986. The molecular weight excluding hydrogens is 136 g/mol. The van der Waals surface area contributed by atoms with Gasteiger partial charge in [-0.1, -0.05) is 0 Å². The molecule has 3 fully saturated rings. The molecule has 3 rings (SSSR count). The van der Waals surface area contributed by atoms with Crippen molar-refractivity contribution in [2.45, 2.75) is 43.8 Å². The predicted molar refractivity (Wildman–Crippen MR) is 44.5 cm³/mol. The van der Waals surface area contributed by atoms with Gasteiger partial charge in [0.2, 0.25) is 0 Å². The molecule has 1 aliphatic carbocycles. The summed E-state index contributed by atoms with van der Waals surface area (Å²) < 4.78 is 0. The zero-order valence-electron chi connectivity index (χ0n) is 6.84. The van der Waals surface area contributed by atoms with E-state index < -0.39 is 0 Å². The Bertz CT molecular complexity index is 169. The first-order valence-electron chi connectivity index (χ1n) is 4.94. The summed E-state index contributed by atoms with van der Waals surface area (Å²) in [5, 5.41) is 7.38. The molecule has 0 aromatic heterocycles. The molecule has 2 nitrogen and oxygen atoms in total. The van der Waals surface area contributed by atoms with E-state index in [1.54, 1.807) is 0 Å². The van der Waals surface area contributed by atoms with Crippen molar-refractivity contribution in [3.63, 3.8) is 0 Å². The maximum atomic E-state index is 3.73. The van der Waals surface area contributed by atoms with Crippen molar-refractivity contribution < 1.29 is 0 Å². The summed E-state index contributed by atoms with van der Waals surface area (Å²) in [7, 11) is 0. The van der Waals surface area contributed by atoms with E-state index in [2.05, 4.69) is 10.6 Å². The monoisotopic (exact) mass is 152 g/mol. The summed E-state index contributed by atoms with van der Waals surface area (Å²) in [6.07, 6.45) is 5.67. The van der Waals surface area contributed by atoms with Crippen LogP contribution in [0, 0.1) is 5.92 Å². The predicted octanol–water partition coefficient (Wildman–Crippen LogP) is 0.489. The van der Waals surface area contributed by atoms with Gasteiger partial charge in [0.05, 0.1) is 0 Å². The molecule has 2 heterocycles. The summed E-state index contributed by atoms with van der Waals surface area (Å²) in [4.78, 5) is 0. The molecule has 0 bridgehead atoms. The fraction of sp³-hybridized carbons (Fsp3) is 1.00. The average molecular weight is 152 g/mol. The van der Waals surface area contributed by atoms with Crippen LogP contribution in [-0.2, 0) is 0 Å². The van der Waals surface area contributed by atoms with Crippen molar-refractivity contribution in [2.75, 3.05) is 6.54 Å². The Morgan fingerprint density at radius 2 is 2.00 bits per heavy atom. The van der Waals surface area contributed by atoms with Crippen LogP contribution in [-0.4, -0.2) is 24.7 Å². The van der Waals surface area contributed by atoms with Gasteiger partial charge in [0.1, 0.15) is 0 Å². The van der Waals surface area contributed by atoms with Crippen molar-refractivity contribution in [2.24, 2.45) is 5.92 Å². The van der Waals surface area contributed by atoms with Gasteiger partial charge in [-0.3, -0.25) is 0 Å². The average Bonchev–Trinajstić information content (AvgIpc) is 2.23. The van der Waals surface area contributed by atoms with Crippen LogP contribution in [0.2, 0.25) is 0 Å². The molecule has 1 saturated carbocycles. The standard InChI is InChI=1S/C9H16N2/c1-2-8-9(10-5-1)6-3-4-7(6)11-8/h6-11H,1-5H2. The number of hydrogen-bond acceptors (Lipinski definition) is 2. The normalized spacial score (nSPS) is 54.5. The Hall–Kier alpha value is -0.0800. The molecule has 3 aliphatic rings. The number of hydrogen-bond donors (Lipinski definition) is 2. The fourth-order valence-corrected chi connectivity index (χ4v) is 2.99. The van der Waals surface area contributed by atoms with Gasteiger partial charge in [-0.25, -0.2) is 0 Å². The van der Waals surface area contributed by atoms with Crippen molar-refractivity contribution >= 4 is 0 Å². The summed E-state index contributed by atoms with van der Waals surface area (Å²) in [5.41, 5.74) is 0. The van der Waals surface area contributed by atoms with Crippen molar-refractivity contribution in [1.29, 1.82) is 0 Å². The number of rotatable bonds is 0. The van der Waals surface area contributed by atoms with Crippen LogP contribution in [0.4, 0.5) is 0 Å². The van der Waals surface area contributed by atoms with Crippen LogP contribution in [0.1, 0.15) is 25.7 Å². The smallest absolute Gasteiger partial charge is 0.0264 e. The number of fused-ring (bicyclic) bond motifs is 3. The Kier molecular flexibility index (Phi) is 1.29. The van der Waals surface area contributed by atoms with E-state index in [0.717, 1.165) is 24.0 Å². The lowest BCUT2D eigenvalue weighted by molar-refractivity contribution is 0.229. The molecule has 0 spiro atoms. The first-order chi connectivity index (χ1) is 5.45. The number of nitrogens with one attached hydrogen (secondary N) is 2. The van der Waals surface area contributed by atoms with Crippen LogP contribution in [0.15, 0.2) is 0 Å².